The fourth-order valence-electron chi connectivity index (χ4n) is 3.85. The minimum absolute atomic E-state index is 0.125. The molecule has 0 unspecified atom stereocenters. The predicted molar refractivity (Wildman–Crippen MR) is 118 cm³/mol. The lowest BCUT2D eigenvalue weighted by atomic mass is 9.80. The van der Waals surface area contributed by atoms with Gasteiger partial charge in [-0.2, -0.15) is 0 Å². The number of benzene rings is 2. The molecule has 31 heavy (non-hydrogen) atoms. The molecule has 6 nitrogen and oxygen atoms in total. The molecule has 0 spiro atoms. The maximum Gasteiger partial charge on any atom is 0.324 e. The zero-order valence-electron chi connectivity index (χ0n) is 17.0. The lowest BCUT2D eigenvalue weighted by Gasteiger charge is -2.36. The van der Waals surface area contributed by atoms with Crippen molar-refractivity contribution in [3.8, 4) is 18.1 Å². The Balaban J connectivity index is 1.85. The molecule has 1 saturated heterocycles. The minimum Gasteiger partial charge on any atom is -0.480 e. The first-order chi connectivity index (χ1) is 14.8. The predicted octanol–water partition coefficient (Wildman–Crippen LogP) is 4.53. The van der Waals surface area contributed by atoms with E-state index >= 15 is 0 Å². The van der Waals surface area contributed by atoms with E-state index in [1.54, 1.807) is 6.07 Å². The van der Waals surface area contributed by atoms with Gasteiger partial charge in [0.05, 0.1) is 4.47 Å². The zero-order chi connectivity index (χ0) is 22.2. The molecule has 1 N–H and O–H groups in total. The van der Waals surface area contributed by atoms with Gasteiger partial charge in [-0.25, -0.2) is 0 Å². The maximum atomic E-state index is 13.0. The number of hydrogen-bond acceptors (Lipinski definition) is 5. The number of rotatable bonds is 5. The van der Waals surface area contributed by atoms with Crippen molar-refractivity contribution in [3.63, 3.8) is 0 Å². The highest BCUT2D eigenvalue weighted by molar-refractivity contribution is 9.10. The lowest BCUT2D eigenvalue weighted by molar-refractivity contribution is -0.240. The van der Waals surface area contributed by atoms with E-state index in [9.17, 15) is 9.59 Å². The van der Waals surface area contributed by atoms with Gasteiger partial charge in [0.1, 0.15) is 12.4 Å². The molecular weight excluding hydrogens is 462 g/mol. The van der Waals surface area contributed by atoms with Crippen LogP contribution in [0.3, 0.4) is 0 Å². The van der Waals surface area contributed by atoms with Gasteiger partial charge in [-0.05, 0) is 45.3 Å². The van der Waals surface area contributed by atoms with Gasteiger partial charge >= 0.3 is 11.9 Å². The molecule has 1 fully saturated rings. The summed E-state index contributed by atoms with van der Waals surface area (Å²) in [6, 6.07) is 13.1. The SMILES string of the molecule is C#CCOc1ccc([C@@H](c2c[nH]c3ccccc23)C2C(=O)OC(C)(C)OC2=O)cc1Br. The summed E-state index contributed by atoms with van der Waals surface area (Å²) in [6.07, 6.45) is 7.09. The first-order valence-electron chi connectivity index (χ1n) is 9.68. The van der Waals surface area contributed by atoms with Crippen molar-refractivity contribution in [1.82, 2.24) is 4.98 Å². The normalized spacial score (nSPS) is 17.0. The molecule has 7 heteroatoms. The first kappa shape index (κ1) is 21.0. The lowest BCUT2D eigenvalue weighted by Crippen LogP contribution is -2.48. The molecule has 0 amide bonds. The Morgan fingerprint density at radius 3 is 2.58 bits per heavy atom. The third-order valence-electron chi connectivity index (χ3n) is 5.12. The van der Waals surface area contributed by atoms with Gasteiger partial charge in [0, 0.05) is 36.9 Å². The third kappa shape index (κ3) is 4.04. The number of carbonyl (C=O) groups excluding carboxylic acids is 2. The molecular formula is C24H20BrNO5. The third-order valence-corrected chi connectivity index (χ3v) is 5.74. The fraction of sp³-hybridized carbons (Fsp3) is 0.250. The van der Waals surface area contributed by atoms with E-state index in [1.807, 2.05) is 42.6 Å². The summed E-state index contributed by atoms with van der Waals surface area (Å²) >= 11 is 3.50. The number of cyclic esters (lactones) is 2. The van der Waals surface area contributed by atoms with Crippen molar-refractivity contribution in [2.45, 2.75) is 25.6 Å². The molecule has 0 aliphatic carbocycles. The van der Waals surface area contributed by atoms with Gasteiger partial charge in [0.15, 0.2) is 5.92 Å². The van der Waals surface area contributed by atoms with Crippen LogP contribution >= 0.6 is 15.9 Å². The minimum atomic E-state index is -1.30. The van der Waals surface area contributed by atoms with Crippen molar-refractivity contribution in [1.29, 1.82) is 0 Å². The molecule has 1 aromatic heterocycles. The summed E-state index contributed by atoms with van der Waals surface area (Å²) in [6.45, 7) is 3.20. The van der Waals surface area contributed by atoms with Crippen molar-refractivity contribution in [3.05, 3.63) is 64.3 Å². The topological polar surface area (TPSA) is 77.6 Å². The Kier molecular flexibility index (Phi) is 5.50. The van der Waals surface area contributed by atoms with Crippen molar-refractivity contribution in [2.24, 2.45) is 5.92 Å². The van der Waals surface area contributed by atoms with Gasteiger partial charge in [0.2, 0.25) is 0 Å². The summed E-state index contributed by atoms with van der Waals surface area (Å²) in [7, 11) is 0. The maximum absolute atomic E-state index is 13.0. The smallest absolute Gasteiger partial charge is 0.324 e. The molecule has 2 aromatic carbocycles. The number of carbonyl (C=O) groups is 2. The van der Waals surface area contributed by atoms with Crippen LogP contribution in [0.2, 0.25) is 0 Å². The molecule has 0 radical (unpaired) electrons. The molecule has 0 bridgehead atoms. The van der Waals surface area contributed by atoms with Crippen LogP contribution in [0.25, 0.3) is 10.9 Å². The second-order valence-corrected chi connectivity index (χ2v) is 8.52. The summed E-state index contributed by atoms with van der Waals surface area (Å²) in [5.41, 5.74) is 2.41. The molecule has 158 valence electrons. The second kappa shape index (κ2) is 8.12. The van der Waals surface area contributed by atoms with Crippen LogP contribution < -0.4 is 4.74 Å². The van der Waals surface area contributed by atoms with E-state index in [0.29, 0.717) is 10.2 Å². The number of hydrogen-bond donors (Lipinski definition) is 1. The number of ether oxygens (including phenoxy) is 3. The number of halogens is 1. The molecule has 1 aliphatic rings. The first-order valence-corrected chi connectivity index (χ1v) is 10.5. The number of nitrogens with one attached hydrogen (secondary N) is 1. The summed E-state index contributed by atoms with van der Waals surface area (Å²) in [5.74, 6) is -1.35. The summed E-state index contributed by atoms with van der Waals surface area (Å²) < 4.78 is 17.0. The highest BCUT2D eigenvalue weighted by atomic mass is 79.9. The highest BCUT2D eigenvalue weighted by Gasteiger charge is 2.48. The van der Waals surface area contributed by atoms with Crippen molar-refractivity contribution >= 4 is 38.8 Å². The number of aromatic nitrogens is 1. The quantitative estimate of drug-likeness (QED) is 0.329. The number of terminal acetylenes is 1. The zero-order valence-corrected chi connectivity index (χ0v) is 18.6. The van der Waals surface area contributed by atoms with E-state index < -0.39 is 29.6 Å². The average Bonchev–Trinajstić information content (AvgIpc) is 3.13. The van der Waals surface area contributed by atoms with Crippen LogP contribution in [0.1, 0.15) is 30.9 Å². The fourth-order valence-corrected chi connectivity index (χ4v) is 4.36. The number of fused-ring (bicyclic) bond motifs is 1. The van der Waals surface area contributed by atoms with Gasteiger partial charge in [-0.15, -0.1) is 6.42 Å². The number of aromatic amines is 1. The van der Waals surface area contributed by atoms with E-state index in [0.717, 1.165) is 22.0 Å². The number of H-pyrrole nitrogens is 1. The largest absolute Gasteiger partial charge is 0.480 e. The summed E-state index contributed by atoms with van der Waals surface area (Å²) in [4.78, 5) is 29.2. The van der Waals surface area contributed by atoms with Gasteiger partial charge < -0.3 is 19.2 Å². The molecule has 4 rings (SSSR count). The van der Waals surface area contributed by atoms with Crippen LogP contribution in [0.4, 0.5) is 0 Å². The summed E-state index contributed by atoms with van der Waals surface area (Å²) in [5, 5.41) is 0.904. The Labute approximate surface area is 188 Å². The molecule has 1 atom stereocenters. The second-order valence-electron chi connectivity index (χ2n) is 7.67. The number of para-hydroxylation sites is 1. The Morgan fingerprint density at radius 2 is 1.90 bits per heavy atom. The Bertz CT molecular complexity index is 1190. The molecule has 3 aromatic rings. The van der Waals surface area contributed by atoms with Gasteiger partial charge in [-0.1, -0.05) is 30.2 Å². The van der Waals surface area contributed by atoms with Gasteiger partial charge in [0.25, 0.3) is 5.79 Å². The van der Waals surface area contributed by atoms with Crippen LogP contribution in [-0.4, -0.2) is 29.3 Å². The standard InChI is InChI=1S/C24H20BrNO5/c1-4-11-29-19-10-9-14(12-17(19)25)20(16-13-26-18-8-6-5-7-15(16)18)21-22(27)30-24(2,3)31-23(21)28/h1,5-10,12-13,20-21,26H,11H2,2-3H3/t20-/m0/s1. The van der Waals surface area contributed by atoms with E-state index in [-0.39, 0.29) is 6.61 Å². The molecule has 0 saturated carbocycles. The van der Waals surface area contributed by atoms with Crippen LogP contribution in [0.5, 0.6) is 5.75 Å². The van der Waals surface area contributed by atoms with Crippen LogP contribution in [0.15, 0.2) is 53.1 Å². The van der Waals surface area contributed by atoms with E-state index in [1.165, 1.54) is 13.8 Å². The number of esters is 2. The Morgan fingerprint density at radius 1 is 1.19 bits per heavy atom. The van der Waals surface area contributed by atoms with Crippen molar-refractivity contribution < 1.29 is 23.8 Å². The van der Waals surface area contributed by atoms with Crippen LogP contribution in [0, 0.1) is 18.3 Å². The van der Waals surface area contributed by atoms with Crippen molar-refractivity contribution in [2.75, 3.05) is 6.61 Å². The monoisotopic (exact) mass is 481 g/mol. The highest BCUT2D eigenvalue weighted by Crippen LogP contribution is 2.42. The van der Waals surface area contributed by atoms with Gasteiger partial charge in [-0.3, -0.25) is 9.59 Å². The van der Waals surface area contributed by atoms with E-state index in [4.69, 9.17) is 20.6 Å². The molecule has 2 heterocycles. The molecule has 1 aliphatic heterocycles. The van der Waals surface area contributed by atoms with Crippen LogP contribution in [-0.2, 0) is 19.1 Å². The van der Waals surface area contributed by atoms with E-state index in [2.05, 4.69) is 26.8 Å². The average molecular weight is 482 g/mol. The Hall–Kier alpha value is -3.24.